The largest absolute Gasteiger partial charge is 0.377 e. The maximum Gasteiger partial charge on any atom is 0.235 e. The van der Waals surface area contributed by atoms with Gasteiger partial charge in [-0.05, 0) is 11.8 Å². The number of hydrogen-bond donors (Lipinski definition) is 2. The lowest BCUT2D eigenvalue weighted by Crippen LogP contribution is -2.42. The van der Waals surface area contributed by atoms with Gasteiger partial charge in [-0.15, -0.1) is 0 Å². The van der Waals surface area contributed by atoms with Gasteiger partial charge in [0.1, 0.15) is 0 Å². The van der Waals surface area contributed by atoms with E-state index in [4.69, 9.17) is 4.74 Å². The van der Waals surface area contributed by atoms with Gasteiger partial charge in [0.05, 0.1) is 18.9 Å². The molecular weight excluding hydrogens is 268 g/mol. The molecule has 0 saturated carbocycles. The van der Waals surface area contributed by atoms with Crippen LogP contribution < -0.4 is 10.0 Å². The van der Waals surface area contributed by atoms with Crippen molar-refractivity contribution in [2.45, 2.75) is 33.3 Å². The van der Waals surface area contributed by atoms with E-state index in [1.54, 1.807) is 0 Å². The lowest BCUT2D eigenvalue weighted by molar-refractivity contribution is -0.120. The molecule has 112 valence electrons. The van der Waals surface area contributed by atoms with Crippen LogP contribution in [0.1, 0.15) is 27.2 Å². The summed E-state index contributed by atoms with van der Waals surface area (Å²) in [6.45, 7) is 7.36. The summed E-state index contributed by atoms with van der Waals surface area (Å²) in [4.78, 5) is 11.5. The van der Waals surface area contributed by atoms with Gasteiger partial charge in [-0.2, -0.15) is 0 Å². The molecule has 7 heteroatoms. The summed E-state index contributed by atoms with van der Waals surface area (Å²) in [6, 6.07) is 0. The maximum atomic E-state index is 11.5. The van der Waals surface area contributed by atoms with Gasteiger partial charge in [-0.1, -0.05) is 20.8 Å². The van der Waals surface area contributed by atoms with E-state index in [2.05, 4.69) is 30.8 Å². The third kappa shape index (κ3) is 5.88. The molecule has 0 aromatic rings. The van der Waals surface area contributed by atoms with Crippen LogP contribution in [-0.2, 0) is 19.6 Å². The van der Waals surface area contributed by atoms with Crippen molar-refractivity contribution < 1.29 is 17.9 Å². The Bertz CT molecular complexity index is 414. The summed E-state index contributed by atoms with van der Waals surface area (Å²) in [5.41, 5.74) is 0.0386. The molecule has 1 amide bonds. The molecule has 1 heterocycles. The highest BCUT2D eigenvalue weighted by Gasteiger charge is 2.37. The van der Waals surface area contributed by atoms with Crippen molar-refractivity contribution >= 4 is 15.9 Å². The van der Waals surface area contributed by atoms with Gasteiger partial charge in [0.2, 0.25) is 15.9 Å². The van der Waals surface area contributed by atoms with Gasteiger partial charge >= 0.3 is 0 Å². The van der Waals surface area contributed by atoms with Crippen molar-refractivity contribution in [1.29, 1.82) is 0 Å². The fourth-order valence-corrected chi connectivity index (χ4v) is 2.70. The van der Waals surface area contributed by atoms with Crippen LogP contribution in [0.15, 0.2) is 0 Å². The van der Waals surface area contributed by atoms with Crippen LogP contribution in [0.4, 0.5) is 0 Å². The topological polar surface area (TPSA) is 84.5 Å². The average Bonchev–Trinajstić information content (AvgIpc) is 2.70. The van der Waals surface area contributed by atoms with E-state index in [1.165, 1.54) is 0 Å². The Morgan fingerprint density at radius 2 is 2.00 bits per heavy atom. The van der Waals surface area contributed by atoms with Crippen molar-refractivity contribution in [2.75, 3.05) is 26.0 Å². The van der Waals surface area contributed by atoms with E-state index >= 15 is 0 Å². The van der Waals surface area contributed by atoms with E-state index in [-0.39, 0.29) is 29.9 Å². The number of nitrogens with one attached hydrogen (secondary N) is 2. The molecule has 2 atom stereocenters. The van der Waals surface area contributed by atoms with E-state index < -0.39 is 10.0 Å². The summed E-state index contributed by atoms with van der Waals surface area (Å²) in [5, 5.41) is 2.75. The molecule has 0 aromatic carbocycles. The molecular formula is C12H24N2O4S. The van der Waals surface area contributed by atoms with Gasteiger partial charge < -0.3 is 10.1 Å². The molecule has 1 saturated heterocycles. The number of ether oxygens (including phenoxy) is 1. The molecule has 0 spiro atoms. The molecule has 2 N–H and O–H groups in total. The van der Waals surface area contributed by atoms with Crippen LogP contribution in [0.25, 0.3) is 0 Å². The van der Waals surface area contributed by atoms with Gasteiger partial charge in [-0.25, -0.2) is 13.1 Å². The smallest absolute Gasteiger partial charge is 0.235 e. The fraction of sp³-hybridized carbons (Fsp3) is 0.917. The van der Waals surface area contributed by atoms with Crippen molar-refractivity contribution in [2.24, 2.45) is 11.3 Å². The Labute approximate surface area is 115 Å². The molecule has 0 unspecified atom stereocenters. The molecule has 0 aliphatic carbocycles. The SMILES string of the molecule is CC(C)(C)[C@H]1OCC[C@@H]1CNC(=O)CNS(C)(=O)=O. The lowest BCUT2D eigenvalue weighted by Gasteiger charge is -2.31. The van der Waals surface area contributed by atoms with E-state index in [1.807, 2.05) is 0 Å². The van der Waals surface area contributed by atoms with Gasteiger partial charge in [0, 0.05) is 19.1 Å². The second-order valence-electron chi connectivity index (χ2n) is 6.10. The Hall–Kier alpha value is -0.660. The number of sulfonamides is 1. The highest BCUT2D eigenvalue weighted by Crippen LogP contribution is 2.34. The summed E-state index contributed by atoms with van der Waals surface area (Å²) in [6.07, 6.45) is 2.07. The van der Waals surface area contributed by atoms with Crippen molar-refractivity contribution in [3.8, 4) is 0 Å². The molecule has 1 aliphatic rings. The number of hydrogen-bond acceptors (Lipinski definition) is 4. The first kappa shape index (κ1) is 16.4. The van der Waals surface area contributed by atoms with Crippen LogP contribution in [-0.4, -0.2) is 46.4 Å². The zero-order valence-corrected chi connectivity index (χ0v) is 12.8. The Balaban J connectivity index is 2.38. The van der Waals surface area contributed by atoms with Crippen LogP contribution in [0, 0.1) is 11.3 Å². The third-order valence-corrected chi connectivity index (χ3v) is 3.79. The Morgan fingerprint density at radius 1 is 1.37 bits per heavy atom. The minimum Gasteiger partial charge on any atom is -0.377 e. The summed E-state index contributed by atoms with van der Waals surface area (Å²) in [5.74, 6) is -0.0350. The predicted octanol–water partition coefficient (Wildman–Crippen LogP) is 0.103. The molecule has 6 nitrogen and oxygen atoms in total. The minimum atomic E-state index is -3.33. The lowest BCUT2D eigenvalue weighted by atomic mass is 9.81. The first-order chi connectivity index (χ1) is 8.59. The second kappa shape index (κ2) is 6.19. The first-order valence-corrected chi connectivity index (χ1v) is 8.31. The van der Waals surface area contributed by atoms with Crippen LogP contribution in [0.3, 0.4) is 0 Å². The molecule has 1 fully saturated rings. The zero-order chi connectivity index (χ0) is 14.7. The average molecular weight is 292 g/mol. The van der Waals surface area contributed by atoms with Crippen LogP contribution in [0.2, 0.25) is 0 Å². The van der Waals surface area contributed by atoms with Gasteiger partial charge in [0.25, 0.3) is 0 Å². The molecule has 0 aromatic heterocycles. The molecule has 0 bridgehead atoms. The number of carbonyl (C=O) groups is 1. The van der Waals surface area contributed by atoms with E-state index in [9.17, 15) is 13.2 Å². The fourth-order valence-electron chi connectivity index (χ4n) is 2.30. The Morgan fingerprint density at radius 3 is 2.53 bits per heavy atom. The highest BCUT2D eigenvalue weighted by atomic mass is 32.2. The van der Waals surface area contributed by atoms with E-state index in [0.717, 1.165) is 12.7 Å². The Kier molecular flexibility index (Phi) is 5.34. The number of amides is 1. The highest BCUT2D eigenvalue weighted by molar-refractivity contribution is 7.88. The zero-order valence-electron chi connectivity index (χ0n) is 12.0. The molecule has 0 radical (unpaired) electrons. The van der Waals surface area contributed by atoms with Crippen molar-refractivity contribution in [3.63, 3.8) is 0 Å². The van der Waals surface area contributed by atoms with Gasteiger partial charge in [0.15, 0.2) is 0 Å². The monoisotopic (exact) mass is 292 g/mol. The summed E-state index contributed by atoms with van der Waals surface area (Å²) >= 11 is 0. The van der Waals surface area contributed by atoms with Crippen LogP contribution in [0.5, 0.6) is 0 Å². The quantitative estimate of drug-likeness (QED) is 0.753. The normalized spacial score (nSPS) is 24.4. The van der Waals surface area contributed by atoms with Gasteiger partial charge in [-0.3, -0.25) is 4.79 Å². The van der Waals surface area contributed by atoms with Crippen molar-refractivity contribution in [3.05, 3.63) is 0 Å². The third-order valence-electron chi connectivity index (χ3n) is 3.12. The molecule has 1 rings (SSSR count). The van der Waals surface area contributed by atoms with E-state index in [0.29, 0.717) is 13.2 Å². The molecule has 19 heavy (non-hydrogen) atoms. The number of rotatable bonds is 5. The van der Waals surface area contributed by atoms with Crippen molar-refractivity contribution in [1.82, 2.24) is 10.0 Å². The standard InChI is InChI=1S/C12H24N2O4S/c1-12(2,3)11-9(5-6-18-11)7-13-10(15)8-14-19(4,16)17/h9,11,14H,5-8H2,1-4H3,(H,13,15)/t9-,11+/m1/s1. The second-order valence-corrected chi connectivity index (χ2v) is 7.94. The first-order valence-electron chi connectivity index (χ1n) is 6.42. The van der Waals surface area contributed by atoms with Crippen LogP contribution >= 0.6 is 0 Å². The summed E-state index contributed by atoms with van der Waals surface area (Å²) in [7, 11) is -3.33. The molecule has 1 aliphatic heterocycles. The maximum absolute atomic E-state index is 11.5. The predicted molar refractivity (Wildman–Crippen MR) is 73.2 cm³/mol. The minimum absolute atomic E-state index is 0.0386. The summed E-state index contributed by atoms with van der Waals surface area (Å²) < 4.78 is 29.6. The number of carbonyl (C=O) groups excluding carboxylic acids is 1.